The van der Waals surface area contributed by atoms with Crippen molar-refractivity contribution in [2.45, 2.75) is 33.1 Å². The summed E-state index contributed by atoms with van der Waals surface area (Å²) >= 11 is 0. The van der Waals surface area contributed by atoms with Gasteiger partial charge in [0.2, 0.25) is 0 Å². The number of benzene rings is 22. The zero-order valence-electron chi connectivity index (χ0n) is 77.5. The number of hydrogen-bond acceptors (Lipinski definition) is 6. The number of fused-ring (bicyclic) bond motifs is 27. The van der Waals surface area contributed by atoms with Gasteiger partial charge >= 0.3 is 0 Å². The minimum Gasteiger partial charge on any atom is -0.309 e. The molecule has 0 unspecified atom stereocenters. The highest BCUT2D eigenvalue weighted by molar-refractivity contribution is 6.27. The van der Waals surface area contributed by atoms with Crippen LogP contribution in [0, 0.1) is 6.92 Å². The molecule has 0 aliphatic heterocycles. The van der Waals surface area contributed by atoms with E-state index < -0.39 is 0 Å². The van der Waals surface area contributed by atoms with Crippen molar-refractivity contribution in [2.24, 2.45) is 0 Å². The lowest BCUT2D eigenvalue weighted by atomic mass is 9.86. The van der Waals surface area contributed by atoms with Gasteiger partial charge in [-0.05, 0) is 256 Å². The van der Waals surface area contributed by atoms with Crippen LogP contribution in [0.4, 0.5) is 0 Å². The molecule has 0 saturated carbocycles. The summed E-state index contributed by atoms with van der Waals surface area (Å²) in [6, 6.07) is 156. The van der Waals surface area contributed by atoms with Crippen LogP contribution in [0.3, 0.4) is 0 Å². The molecule has 28 aromatic rings. The van der Waals surface area contributed by atoms with Crippen molar-refractivity contribution in [1.29, 1.82) is 0 Å². The molecule has 9 heteroatoms. The maximum atomic E-state index is 4.72. The second-order valence-corrected chi connectivity index (χ2v) is 37.7. The molecule has 0 aliphatic rings. The summed E-state index contributed by atoms with van der Waals surface area (Å²) in [7, 11) is 0. The van der Waals surface area contributed by atoms with Gasteiger partial charge in [-0.2, -0.15) is 0 Å². The first-order valence-electron chi connectivity index (χ1n) is 47.9. The Balaban J connectivity index is 0.000000108. The van der Waals surface area contributed by atoms with E-state index in [0.29, 0.717) is 0 Å². The van der Waals surface area contributed by atoms with E-state index in [4.69, 9.17) is 15.0 Å². The molecule has 6 aromatic heterocycles. The summed E-state index contributed by atoms with van der Waals surface area (Å²) < 4.78 is 7.14. The quantitative estimate of drug-likeness (QED) is 0.127. The van der Waals surface area contributed by atoms with Crippen molar-refractivity contribution in [3.63, 3.8) is 0 Å². The molecule has 140 heavy (non-hydrogen) atoms. The lowest BCUT2D eigenvalue weighted by Gasteiger charge is -2.19. The molecule has 0 radical (unpaired) electrons. The number of hydrogen-bond donors (Lipinski definition) is 0. The largest absolute Gasteiger partial charge is 0.309 e. The van der Waals surface area contributed by atoms with Crippen LogP contribution in [0.25, 0.3) is 258 Å². The predicted molar refractivity (Wildman–Crippen MR) is 588 cm³/mol. The number of aromatic nitrogens is 9. The number of nitrogens with zero attached hydrogens (tertiary/aromatic N) is 9. The van der Waals surface area contributed by atoms with Gasteiger partial charge in [0.1, 0.15) is 0 Å². The molecule has 0 bridgehead atoms. The third kappa shape index (κ3) is 14.2. The van der Waals surface area contributed by atoms with E-state index in [1.807, 2.05) is 0 Å². The lowest BCUT2D eigenvalue weighted by Crippen LogP contribution is -2.10. The minimum atomic E-state index is 0.0678. The Hall–Kier alpha value is -18.2. The minimum absolute atomic E-state index is 0.0678. The zero-order valence-corrected chi connectivity index (χ0v) is 77.5. The van der Waals surface area contributed by atoms with E-state index in [-0.39, 0.29) is 5.41 Å². The SMILES string of the molecule is CC(C)(C)c1ccc2c(c1)c1cc(-c3ccc(-c4ccc5c(c4)c4ccccc4c4nccnc54)cc3)ccc1n2-c1ccccc1.Cc1ccc2c(c1)c1cc(-c3ccc(-c4ccc5c(c4)c4ccccc4c4nccnc54)cc3)ccc1n2-c1ccccc1.c1ccc(-c2ccc3c(c2)c2cc(-c4ccc(-c5ccc6c(c5)c5ccccc5c5nccnc65)cc4)ccc2n3-c2ccccc2)cc1. The molecule has 0 spiro atoms. The molecule has 9 nitrogen and oxygen atoms in total. The van der Waals surface area contributed by atoms with E-state index in [9.17, 15) is 0 Å². The molecule has 6 heterocycles. The highest BCUT2D eigenvalue weighted by Gasteiger charge is 2.24. The Morgan fingerprint density at radius 3 is 0.636 bits per heavy atom. The van der Waals surface area contributed by atoms with Crippen molar-refractivity contribution in [2.75, 3.05) is 0 Å². The fraction of sp³-hybridized carbons (Fsp3) is 0.0382. The molecular formula is C131H89N9. The molecule has 22 aromatic carbocycles. The van der Waals surface area contributed by atoms with Crippen molar-refractivity contribution in [1.82, 2.24) is 43.6 Å². The van der Waals surface area contributed by atoms with Gasteiger partial charge in [0, 0.05) is 119 Å². The summed E-state index contributed by atoms with van der Waals surface area (Å²) in [5.41, 5.74) is 36.0. The van der Waals surface area contributed by atoms with Gasteiger partial charge in [-0.1, -0.05) is 330 Å². The van der Waals surface area contributed by atoms with Crippen LogP contribution in [0.1, 0.15) is 31.9 Å². The van der Waals surface area contributed by atoms with Crippen LogP contribution in [0.15, 0.2) is 468 Å². The van der Waals surface area contributed by atoms with E-state index in [1.165, 1.54) is 198 Å². The van der Waals surface area contributed by atoms with E-state index >= 15 is 0 Å². The highest BCUT2D eigenvalue weighted by atomic mass is 15.0. The van der Waals surface area contributed by atoms with Crippen molar-refractivity contribution in [3.05, 3.63) is 479 Å². The van der Waals surface area contributed by atoms with Gasteiger partial charge in [-0.15, -0.1) is 0 Å². The van der Waals surface area contributed by atoms with Crippen LogP contribution >= 0.6 is 0 Å². The molecule has 0 atom stereocenters. The highest BCUT2D eigenvalue weighted by Crippen LogP contribution is 2.46. The van der Waals surface area contributed by atoms with Crippen LogP contribution in [-0.2, 0) is 5.41 Å². The zero-order chi connectivity index (χ0) is 93.2. The molecule has 658 valence electrons. The van der Waals surface area contributed by atoms with Crippen molar-refractivity contribution < 1.29 is 0 Å². The van der Waals surface area contributed by atoms with Gasteiger partial charge < -0.3 is 13.7 Å². The Morgan fingerprint density at radius 1 is 0.157 bits per heavy atom. The molecule has 0 saturated heterocycles. The second-order valence-electron chi connectivity index (χ2n) is 37.7. The Bertz CT molecular complexity index is 9720. The summed E-state index contributed by atoms with van der Waals surface area (Å²) in [5.74, 6) is 0. The fourth-order valence-electron chi connectivity index (χ4n) is 21.6. The summed E-state index contributed by atoms with van der Waals surface area (Å²) in [6.07, 6.45) is 10.7. The normalized spacial score (nSPS) is 11.9. The van der Waals surface area contributed by atoms with Crippen LogP contribution in [0.2, 0.25) is 0 Å². The lowest BCUT2D eigenvalue weighted by molar-refractivity contribution is 0.591. The average Bonchev–Trinajstić information content (AvgIpc) is 1.76. The predicted octanol–water partition coefficient (Wildman–Crippen LogP) is 34.4. The van der Waals surface area contributed by atoms with Crippen LogP contribution < -0.4 is 0 Å². The maximum Gasteiger partial charge on any atom is 0.0971 e. The standard InChI is InChI=1S/C46H29N3.C44H33N3.C41H27N3/c1-3-9-30(10-4-1)34-20-23-43-41(28-34)42-29-35(21-24-44(42)49(43)36-11-5-2-6-12-36)32-17-15-31(16-18-32)33-19-22-39-40(27-33)37-13-7-8-14-38(37)45-46(39)48-26-25-47-45;1-44(2,3)32-19-22-41-39(27-32)38-26-31(18-21-40(38)47(41)33-9-5-4-6-10-33)29-15-13-28(14-16-29)30-17-20-36-37(25-30)34-11-7-8-12-35(34)42-43(36)46-24-23-45-42;1-26-11-19-38-36(23-26)37-25-30(17-20-39(37)44(38)31-7-3-2-4-8-31)28-14-12-27(13-15-28)29-16-18-34-35(24-29)32-9-5-6-10-33(32)40-41(34)43-22-21-42-40/h1-29H;4-27H,1-3H3;2-25H,1H3. The second kappa shape index (κ2) is 33.7. The Morgan fingerprint density at radius 2 is 0.357 bits per heavy atom. The van der Waals surface area contributed by atoms with Crippen LogP contribution in [0.5, 0.6) is 0 Å². The van der Waals surface area contributed by atoms with Crippen molar-refractivity contribution in [3.8, 4) is 95.0 Å². The van der Waals surface area contributed by atoms with E-state index in [0.717, 1.165) is 71.1 Å². The smallest absolute Gasteiger partial charge is 0.0971 e. The van der Waals surface area contributed by atoms with Gasteiger partial charge in [-0.25, -0.2) is 0 Å². The van der Waals surface area contributed by atoms with E-state index in [1.54, 1.807) is 37.2 Å². The number of rotatable bonds is 10. The number of aryl methyl sites for hydroxylation is 1. The molecule has 0 aliphatic carbocycles. The maximum absolute atomic E-state index is 4.72. The first-order chi connectivity index (χ1) is 69.0. The van der Waals surface area contributed by atoms with Gasteiger partial charge in [0.25, 0.3) is 0 Å². The van der Waals surface area contributed by atoms with Crippen LogP contribution in [-0.4, -0.2) is 43.6 Å². The molecular weight excluding hydrogens is 1700 g/mol. The topological polar surface area (TPSA) is 92.1 Å². The molecule has 28 rings (SSSR count). The summed E-state index contributed by atoms with van der Waals surface area (Å²) in [6.45, 7) is 9.02. The monoisotopic (exact) mass is 1790 g/mol. The molecule has 0 N–H and O–H groups in total. The van der Waals surface area contributed by atoms with E-state index in [2.05, 4.69) is 487 Å². The average molecular weight is 1790 g/mol. The summed E-state index contributed by atoms with van der Waals surface area (Å²) in [4.78, 5) is 28.2. The first-order valence-corrected chi connectivity index (χ1v) is 47.9. The van der Waals surface area contributed by atoms with Crippen molar-refractivity contribution >= 4 is 163 Å². The summed E-state index contributed by atoms with van der Waals surface area (Å²) in [5, 5.41) is 21.6. The van der Waals surface area contributed by atoms with Gasteiger partial charge in [0.15, 0.2) is 0 Å². The molecule has 0 fully saturated rings. The molecule has 0 amide bonds. The third-order valence-electron chi connectivity index (χ3n) is 28.5. The fourth-order valence-corrected chi connectivity index (χ4v) is 21.6. The Labute approximate surface area is 808 Å². The van der Waals surface area contributed by atoms with Gasteiger partial charge in [0.05, 0.1) is 66.2 Å². The third-order valence-corrected chi connectivity index (χ3v) is 28.5. The van der Waals surface area contributed by atoms with Gasteiger partial charge in [-0.3, -0.25) is 29.9 Å². The number of para-hydroxylation sites is 3. The first kappa shape index (κ1) is 82.5. The Kier molecular flexibility index (Phi) is 19.9.